The van der Waals surface area contributed by atoms with Crippen LogP contribution >= 0.6 is 0 Å². The van der Waals surface area contributed by atoms with Gasteiger partial charge in [-0.05, 0) is 42.5 Å². The van der Waals surface area contributed by atoms with Gasteiger partial charge in [-0.15, -0.1) is 0 Å². The number of carbonyl (C=O) groups is 2. The van der Waals surface area contributed by atoms with Crippen LogP contribution in [0.3, 0.4) is 0 Å². The van der Waals surface area contributed by atoms with E-state index in [0.29, 0.717) is 30.8 Å². The maximum absolute atomic E-state index is 12.4. The van der Waals surface area contributed by atoms with Crippen LogP contribution in [0.25, 0.3) is 0 Å². The molecule has 5 heteroatoms. The molecule has 28 heavy (non-hydrogen) atoms. The molecule has 1 saturated heterocycles. The smallest absolute Gasteiger partial charge is 0.228 e. The Labute approximate surface area is 166 Å². The van der Waals surface area contributed by atoms with Gasteiger partial charge >= 0.3 is 0 Å². The average Bonchev–Trinajstić information content (AvgIpc) is 3.13. The number of hydrogen-bond acceptors (Lipinski definition) is 3. The Hall–Kier alpha value is -2.82. The van der Waals surface area contributed by atoms with Crippen LogP contribution in [0.2, 0.25) is 0 Å². The Bertz CT molecular complexity index is 830. The number of ether oxygens (including phenoxy) is 1. The molecule has 0 unspecified atom stereocenters. The molecule has 1 aliphatic rings. The lowest BCUT2D eigenvalue weighted by molar-refractivity contribution is -0.117. The van der Waals surface area contributed by atoms with Crippen molar-refractivity contribution in [3.05, 3.63) is 53.6 Å². The highest BCUT2D eigenvalue weighted by molar-refractivity contribution is 5.98. The molecule has 0 spiro atoms. The van der Waals surface area contributed by atoms with Crippen LogP contribution in [0.5, 0.6) is 5.75 Å². The number of unbranched alkanes of at least 4 members (excludes halogenated alkanes) is 1. The monoisotopic (exact) mass is 380 g/mol. The van der Waals surface area contributed by atoms with E-state index in [1.165, 1.54) is 18.4 Å². The molecule has 1 heterocycles. The third-order valence-corrected chi connectivity index (χ3v) is 5.03. The van der Waals surface area contributed by atoms with E-state index in [0.717, 1.165) is 24.1 Å². The zero-order chi connectivity index (χ0) is 19.9. The summed E-state index contributed by atoms with van der Waals surface area (Å²) in [5.74, 6) is 0.624. The Morgan fingerprint density at radius 2 is 1.89 bits per heavy atom. The quantitative estimate of drug-likeness (QED) is 0.741. The molecule has 0 saturated carbocycles. The maximum atomic E-state index is 12.4. The van der Waals surface area contributed by atoms with Gasteiger partial charge in [0, 0.05) is 24.7 Å². The highest BCUT2D eigenvalue weighted by atomic mass is 16.5. The summed E-state index contributed by atoms with van der Waals surface area (Å²) in [6.07, 6.45) is 5.19. The second-order valence-corrected chi connectivity index (χ2v) is 7.18. The van der Waals surface area contributed by atoms with Crippen molar-refractivity contribution in [1.82, 2.24) is 0 Å². The molecule has 5 nitrogen and oxygen atoms in total. The summed E-state index contributed by atoms with van der Waals surface area (Å²) in [6.45, 7) is 2.89. The van der Waals surface area contributed by atoms with Gasteiger partial charge in [-0.1, -0.05) is 37.6 Å². The van der Waals surface area contributed by atoms with Gasteiger partial charge in [0.2, 0.25) is 11.8 Å². The van der Waals surface area contributed by atoms with Crippen molar-refractivity contribution in [2.75, 3.05) is 23.9 Å². The molecule has 0 atom stereocenters. The predicted octanol–water partition coefficient (Wildman–Crippen LogP) is 4.35. The summed E-state index contributed by atoms with van der Waals surface area (Å²) >= 11 is 0. The first-order valence-corrected chi connectivity index (χ1v) is 9.96. The molecule has 2 amide bonds. The average molecular weight is 380 g/mol. The van der Waals surface area contributed by atoms with Crippen molar-refractivity contribution >= 4 is 23.2 Å². The van der Waals surface area contributed by atoms with Gasteiger partial charge < -0.3 is 15.0 Å². The van der Waals surface area contributed by atoms with E-state index >= 15 is 0 Å². The minimum Gasteiger partial charge on any atom is -0.494 e. The van der Waals surface area contributed by atoms with Crippen molar-refractivity contribution < 1.29 is 14.3 Å². The van der Waals surface area contributed by atoms with E-state index in [-0.39, 0.29) is 11.8 Å². The lowest BCUT2D eigenvalue weighted by atomic mass is 10.0. The number of benzene rings is 2. The van der Waals surface area contributed by atoms with Gasteiger partial charge in [0.15, 0.2) is 0 Å². The molecule has 2 aromatic carbocycles. The molecule has 0 bridgehead atoms. The van der Waals surface area contributed by atoms with Crippen molar-refractivity contribution in [3.63, 3.8) is 0 Å². The Morgan fingerprint density at radius 3 is 2.54 bits per heavy atom. The van der Waals surface area contributed by atoms with Gasteiger partial charge in [0.1, 0.15) is 5.75 Å². The van der Waals surface area contributed by atoms with Gasteiger partial charge in [0.25, 0.3) is 0 Å². The van der Waals surface area contributed by atoms with Crippen LogP contribution in [0, 0.1) is 0 Å². The lowest BCUT2D eigenvalue weighted by Gasteiger charge is -2.19. The minimum atomic E-state index is -0.0756. The van der Waals surface area contributed by atoms with Gasteiger partial charge in [-0.2, -0.15) is 0 Å². The number of aryl methyl sites for hydroxylation is 1. The first kappa shape index (κ1) is 19.9. The normalized spacial score (nSPS) is 13.6. The van der Waals surface area contributed by atoms with E-state index in [1.807, 2.05) is 24.3 Å². The summed E-state index contributed by atoms with van der Waals surface area (Å²) in [4.78, 5) is 26.1. The van der Waals surface area contributed by atoms with Gasteiger partial charge in [-0.3, -0.25) is 9.59 Å². The van der Waals surface area contributed by atoms with Crippen molar-refractivity contribution in [1.29, 1.82) is 0 Å². The number of anilines is 2. The maximum Gasteiger partial charge on any atom is 0.228 e. The van der Waals surface area contributed by atoms with Gasteiger partial charge in [-0.25, -0.2) is 0 Å². The molecule has 1 N–H and O–H groups in total. The molecule has 1 fully saturated rings. The zero-order valence-corrected chi connectivity index (χ0v) is 16.7. The highest BCUT2D eigenvalue weighted by Crippen LogP contribution is 2.33. The van der Waals surface area contributed by atoms with Crippen LogP contribution in [0.4, 0.5) is 11.4 Å². The second kappa shape index (κ2) is 9.40. The number of amides is 2. The molecule has 0 radical (unpaired) electrons. The second-order valence-electron chi connectivity index (χ2n) is 7.18. The Kier molecular flexibility index (Phi) is 6.69. The molecule has 0 aliphatic carbocycles. The molecular weight excluding hydrogens is 352 g/mol. The van der Waals surface area contributed by atoms with Crippen LogP contribution in [0.15, 0.2) is 42.5 Å². The van der Waals surface area contributed by atoms with E-state index in [4.69, 9.17) is 4.74 Å². The van der Waals surface area contributed by atoms with E-state index < -0.39 is 0 Å². The summed E-state index contributed by atoms with van der Waals surface area (Å²) in [5, 5.41) is 2.92. The highest BCUT2D eigenvalue weighted by Gasteiger charge is 2.24. The molecular formula is C23H28N2O3. The number of nitrogens with zero attached hydrogens (tertiary/aromatic N) is 1. The fraction of sp³-hybridized carbons (Fsp3) is 0.391. The fourth-order valence-corrected chi connectivity index (χ4v) is 3.48. The van der Waals surface area contributed by atoms with Crippen molar-refractivity contribution in [3.8, 4) is 5.75 Å². The number of rotatable bonds is 8. The number of methoxy groups -OCH3 is 1. The molecule has 0 aromatic heterocycles. The van der Waals surface area contributed by atoms with E-state index in [9.17, 15) is 9.59 Å². The van der Waals surface area contributed by atoms with Crippen LogP contribution < -0.4 is 15.0 Å². The summed E-state index contributed by atoms with van der Waals surface area (Å²) < 4.78 is 5.45. The van der Waals surface area contributed by atoms with Gasteiger partial charge in [0.05, 0.1) is 19.2 Å². The number of carbonyl (C=O) groups excluding carboxylic acids is 2. The lowest BCUT2D eigenvalue weighted by Crippen LogP contribution is -2.24. The van der Waals surface area contributed by atoms with Crippen molar-refractivity contribution in [2.24, 2.45) is 0 Å². The van der Waals surface area contributed by atoms with Crippen LogP contribution in [-0.4, -0.2) is 25.5 Å². The van der Waals surface area contributed by atoms with Crippen LogP contribution in [-0.2, 0) is 22.4 Å². The fourth-order valence-electron chi connectivity index (χ4n) is 3.48. The Balaban J connectivity index is 1.63. The third-order valence-electron chi connectivity index (χ3n) is 5.03. The van der Waals surface area contributed by atoms with Crippen LogP contribution in [0.1, 0.15) is 43.7 Å². The zero-order valence-electron chi connectivity index (χ0n) is 16.7. The summed E-state index contributed by atoms with van der Waals surface area (Å²) in [7, 11) is 1.57. The molecule has 1 aliphatic heterocycles. The predicted molar refractivity (Wildman–Crippen MR) is 112 cm³/mol. The van der Waals surface area contributed by atoms with E-state index in [2.05, 4.69) is 24.4 Å². The standard InChI is InChI=1S/C23H28N2O3/c1-3-4-6-17-8-10-18(11-9-17)15-22(26)24-19-12-13-20(21(16-19)28-2)25-14-5-7-23(25)27/h8-13,16H,3-7,14-15H2,1-2H3,(H,24,26). The SMILES string of the molecule is CCCCc1ccc(CC(=O)Nc2ccc(N3CCCC3=O)c(OC)c2)cc1. The number of hydrogen-bond donors (Lipinski definition) is 1. The van der Waals surface area contributed by atoms with E-state index in [1.54, 1.807) is 18.1 Å². The molecule has 3 rings (SSSR count). The number of nitrogens with one attached hydrogen (secondary N) is 1. The van der Waals surface area contributed by atoms with Crippen molar-refractivity contribution in [2.45, 2.75) is 45.4 Å². The molecule has 148 valence electrons. The molecule has 2 aromatic rings. The third kappa shape index (κ3) is 4.91. The topological polar surface area (TPSA) is 58.6 Å². The summed E-state index contributed by atoms with van der Waals surface area (Å²) in [6, 6.07) is 13.7. The minimum absolute atomic E-state index is 0.0756. The first-order valence-electron chi connectivity index (χ1n) is 9.96. The summed E-state index contributed by atoms with van der Waals surface area (Å²) in [5.41, 5.74) is 3.72. The first-order chi connectivity index (χ1) is 13.6. The largest absolute Gasteiger partial charge is 0.494 e. The Morgan fingerprint density at radius 1 is 1.14 bits per heavy atom.